The summed E-state index contributed by atoms with van der Waals surface area (Å²) in [5.41, 5.74) is 7.56. The molecule has 0 rings (SSSR count). The second-order valence-electron chi connectivity index (χ2n) is 1.62. The van der Waals surface area contributed by atoms with Crippen LogP contribution in [-0.4, -0.2) is 32.7 Å². The van der Waals surface area contributed by atoms with Gasteiger partial charge in [0.05, 0.1) is 0 Å². The minimum absolute atomic E-state index is 0. The van der Waals surface area contributed by atoms with E-state index in [4.69, 9.17) is 5.73 Å². The van der Waals surface area contributed by atoms with Crippen molar-refractivity contribution in [3.8, 4) is 0 Å². The fourth-order valence-electron chi connectivity index (χ4n) is 0.447. The smallest absolute Gasteiger partial charge is 0.0405 e. The molecule has 12 heavy (non-hydrogen) atoms. The molecule has 0 spiro atoms. The molecule has 6 heteroatoms. The summed E-state index contributed by atoms with van der Waals surface area (Å²) in [5.74, 6) is 0. The zero-order chi connectivity index (χ0) is 7.66. The average Bonchev–Trinajstić information content (AvgIpc) is 1.97. The molecule has 0 aromatic carbocycles. The van der Waals surface area contributed by atoms with Crippen molar-refractivity contribution in [3.63, 3.8) is 0 Å². The molecule has 0 aromatic rings. The Morgan fingerprint density at radius 2 is 2.00 bits per heavy atom. The maximum absolute atomic E-state index is 9.44. The van der Waals surface area contributed by atoms with E-state index in [-0.39, 0.29) is 29.8 Å². The van der Waals surface area contributed by atoms with Gasteiger partial charge in [0.15, 0.2) is 0 Å². The molecule has 0 aliphatic heterocycles. The molecule has 0 aliphatic carbocycles. The van der Waals surface area contributed by atoms with E-state index < -0.39 is 0 Å². The van der Waals surface area contributed by atoms with Gasteiger partial charge < -0.3 is 28.1 Å². The van der Waals surface area contributed by atoms with Crippen molar-refractivity contribution in [3.05, 3.63) is 7.43 Å². The maximum atomic E-state index is 9.44. The molecule has 4 N–H and O–H groups in total. The Kier molecular flexibility index (Phi) is 25.9. The van der Waals surface area contributed by atoms with Crippen molar-refractivity contribution in [2.24, 2.45) is 5.73 Å². The van der Waals surface area contributed by atoms with Gasteiger partial charge in [-0.3, -0.25) is 0 Å². The molecule has 79 valence electrons. The van der Waals surface area contributed by atoms with Gasteiger partial charge in [-0.15, -0.1) is 0 Å². The summed E-state index contributed by atoms with van der Waals surface area (Å²) in [6.07, 6.45) is 0. The van der Waals surface area contributed by atoms with Crippen LogP contribution in [0.1, 0.15) is 0 Å². The van der Waals surface area contributed by atoms with Crippen molar-refractivity contribution >= 4 is 6.47 Å². The second kappa shape index (κ2) is 17.3. The first kappa shape index (κ1) is 18.0. The molecular weight excluding hydrogens is 254 g/mol. The Labute approximate surface area is 88.9 Å². The van der Waals surface area contributed by atoms with Crippen LogP contribution in [0.2, 0.25) is 0 Å². The van der Waals surface area contributed by atoms with Gasteiger partial charge in [0.2, 0.25) is 0 Å². The Hall–Kier alpha value is 0.0903. The molecule has 0 unspecified atom stereocenters. The van der Waals surface area contributed by atoms with Gasteiger partial charge in [-0.05, 0) is 6.47 Å². The van der Waals surface area contributed by atoms with E-state index in [1.165, 1.54) is 6.47 Å². The van der Waals surface area contributed by atoms with Crippen LogP contribution in [-0.2, 0) is 32.0 Å². The average molecular weight is 269 g/mol. The van der Waals surface area contributed by atoms with E-state index in [1.54, 1.807) is 0 Å². The maximum Gasteiger partial charge on any atom is 0.0405 e. The summed E-state index contributed by atoms with van der Waals surface area (Å²) < 4.78 is 0. The zero-order valence-corrected chi connectivity index (χ0v) is 8.51. The summed E-state index contributed by atoms with van der Waals surface area (Å²) in [4.78, 5) is 13.5. The van der Waals surface area contributed by atoms with Crippen molar-refractivity contribution in [2.45, 2.75) is 0 Å². The van der Waals surface area contributed by atoms with Crippen LogP contribution in [0, 0.1) is 7.43 Å². The monoisotopic (exact) mass is 268 g/mol. The van der Waals surface area contributed by atoms with E-state index >= 15 is 0 Å². The van der Waals surface area contributed by atoms with Gasteiger partial charge in [-0.2, -0.15) is 5.48 Å². The van der Waals surface area contributed by atoms with Crippen LogP contribution in [0.15, 0.2) is 0 Å². The minimum Gasteiger partial charge on any atom is -0.571 e. The first-order valence-corrected chi connectivity index (χ1v) is 3.08. The number of rotatable bonds is 7. The molecule has 0 aromatic heterocycles. The van der Waals surface area contributed by atoms with Crippen LogP contribution in [0.25, 0.3) is 0 Å². The molecule has 0 saturated carbocycles. The Bertz CT molecular complexity index is 85.2. The summed E-state index contributed by atoms with van der Waals surface area (Å²) in [5, 5.41) is 3.00. The predicted molar refractivity (Wildman–Crippen MR) is 43.1 cm³/mol. The van der Waals surface area contributed by atoms with E-state index in [0.717, 1.165) is 13.1 Å². The molecule has 0 fully saturated rings. The summed E-state index contributed by atoms with van der Waals surface area (Å²) in [6, 6.07) is 0. The predicted octanol–water partition coefficient (Wildman–Crippen LogP) is -1.43. The van der Waals surface area contributed by atoms with Gasteiger partial charge in [-0.1, -0.05) is 0 Å². The zero-order valence-electron chi connectivity index (χ0n) is 7.02. The third-order valence-electron chi connectivity index (χ3n) is 0.839. The number of hydrogen-bond acceptors (Lipinski definition) is 5. The quantitative estimate of drug-likeness (QED) is 0.229. The minimum atomic E-state index is 0. The van der Waals surface area contributed by atoms with Crippen LogP contribution < -0.4 is 16.5 Å². The van der Waals surface area contributed by atoms with Crippen molar-refractivity contribution < 1.29 is 32.0 Å². The summed E-state index contributed by atoms with van der Waals surface area (Å²) in [6.45, 7) is 3.91. The van der Waals surface area contributed by atoms with E-state index in [0.29, 0.717) is 13.1 Å². The summed E-state index contributed by atoms with van der Waals surface area (Å²) in [7, 11) is 0. The number of nitrogens with two attached hydrogens (primary N) is 1. The topological polar surface area (TPSA) is 76.4 Å². The second-order valence-corrected chi connectivity index (χ2v) is 1.62. The van der Waals surface area contributed by atoms with Crippen LogP contribution >= 0.6 is 0 Å². The molecular formula is C6H15AgN3O2-2. The Balaban J connectivity index is -0.000000405. The summed E-state index contributed by atoms with van der Waals surface area (Å²) >= 11 is 0. The molecule has 0 aliphatic rings. The van der Waals surface area contributed by atoms with Crippen molar-refractivity contribution in [1.82, 2.24) is 10.8 Å². The number of hydroxylamine groups is 1. The fraction of sp³-hybridized carbons (Fsp3) is 0.667. The third kappa shape index (κ3) is 16.6. The SMILES string of the molecule is NCCNCCNO[C-]=O.[Ag].[CH3-]. The first-order chi connectivity index (χ1) is 4.91. The molecule has 5 nitrogen and oxygen atoms in total. The van der Waals surface area contributed by atoms with E-state index in [1.807, 2.05) is 0 Å². The van der Waals surface area contributed by atoms with Gasteiger partial charge in [0, 0.05) is 48.6 Å². The van der Waals surface area contributed by atoms with Gasteiger partial charge in [0.1, 0.15) is 0 Å². The van der Waals surface area contributed by atoms with Crippen LogP contribution in [0.4, 0.5) is 0 Å². The molecule has 1 radical (unpaired) electrons. The van der Waals surface area contributed by atoms with Crippen LogP contribution in [0.5, 0.6) is 0 Å². The van der Waals surface area contributed by atoms with E-state index in [9.17, 15) is 4.79 Å². The molecule has 0 saturated heterocycles. The van der Waals surface area contributed by atoms with Gasteiger partial charge >= 0.3 is 0 Å². The number of carbonyl (C=O) groups excluding carboxylic acids is 1. The molecule has 0 amide bonds. The fourth-order valence-corrected chi connectivity index (χ4v) is 0.447. The normalized spacial score (nSPS) is 7.75. The Morgan fingerprint density at radius 3 is 2.50 bits per heavy atom. The van der Waals surface area contributed by atoms with Crippen molar-refractivity contribution in [1.29, 1.82) is 0 Å². The number of hydrogen-bond donors (Lipinski definition) is 3. The van der Waals surface area contributed by atoms with Gasteiger partial charge in [-0.25, -0.2) is 0 Å². The molecule has 0 bridgehead atoms. The Morgan fingerprint density at radius 1 is 1.33 bits per heavy atom. The third-order valence-corrected chi connectivity index (χ3v) is 0.839. The first-order valence-electron chi connectivity index (χ1n) is 3.08. The van der Waals surface area contributed by atoms with Gasteiger partial charge in [0.25, 0.3) is 0 Å². The van der Waals surface area contributed by atoms with Crippen molar-refractivity contribution in [2.75, 3.05) is 26.2 Å². The standard InChI is InChI=1S/C5H12N3O2.CH3.Ag/c6-1-2-7-3-4-8-10-5-9;;/h7-8H,1-4,6H2;1H3;/q2*-1;. The van der Waals surface area contributed by atoms with Crippen LogP contribution in [0.3, 0.4) is 0 Å². The largest absolute Gasteiger partial charge is 0.571 e. The number of nitrogens with one attached hydrogen (secondary N) is 2. The molecule has 0 heterocycles. The van der Waals surface area contributed by atoms with E-state index in [2.05, 4.69) is 15.6 Å². The molecule has 0 atom stereocenters.